The van der Waals surface area contributed by atoms with Gasteiger partial charge in [0, 0.05) is 19.8 Å². The Morgan fingerprint density at radius 2 is 2.00 bits per heavy atom. The first-order chi connectivity index (χ1) is 4.85. The van der Waals surface area contributed by atoms with Gasteiger partial charge >= 0.3 is 0 Å². The van der Waals surface area contributed by atoms with Crippen LogP contribution in [0.2, 0.25) is 0 Å². The topological polar surface area (TPSA) is 44.5 Å². The van der Waals surface area contributed by atoms with Crippen LogP contribution in [0.5, 0.6) is 0 Å². The van der Waals surface area contributed by atoms with Crippen LogP contribution in [0.1, 0.15) is 20.3 Å². The number of nitrogens with two attached hydrogens (primary N) is 1. The van der Waals surface area contributed by atoms with Crippen LogP contribution in [0.15, 0.2) is 0 Å². The van der Waals surface area contributed by atoms with Gasteiger partial charge in [-0.2, -0.15) is 0 Å². The third kappa shape index (κ3) is 4.73. The smallest absolute Gasteiger partial charge is 0.169 e. The molecule has 2 N–H and O–H groups in total. The Bertz CT molecular complexity index is 68.6. The summed E-state index contributed by atoms with van der Waals surface area (Å²) in [5.74, 6) is 0. The summed E-state index contributed by atoms with van der Waals surface area (Å²) in [5, 5.41) is 0. The number of hydrogen-bond donors (Lipinski definition) is 1. The lowest BCUT2D eigenvalue weighted by molar-refractivity contribution is -0.132. The van der Waals surface area contributed by atoms with Crippen LogP contribution >= 0.6 is 0 Å². The third-order valence-corrected chi connectivity index (χ3v) is 1.05. The standard InChI is InChI=1S/C7H17NO2/c1-3-5-10-7(6-8)9-4-2/h7H,3-6,8H2,1-2H3. The minimum atomic E-state index is -0.204. The summed E-state index contributed by atoms with van der Waals surface area (Å²) < 4.78 is 10.4. The summed E-state index contributed by atoms with van der Waals surface area (Å²) in [6.07, 6.45) is 0.800. The predicted molar refractivity (Wildman–Crippen MR) is 40.7 cm³/mol. The van der Waals surface area contributed by atoms with Crippen molar-refractivity contribution in [3.05, 3.63) is 0 Å². The molecule has 0 saturated heterocycles. The van der Waals surface area contributed by atoms with Gasteiger partial charge in [-0.25, -0.2) is 0 Å². The normalized spacial score (nSPS) is 13.5. The maximum absolute atomic E-state index is 5.35. The molecule has 1 unspecified atom stereocenters. The van der Waals surface area contributed by atoms with Gasteiger partial charge < -0.3 is 15.2 Å². The Kier molecular flexibility index (Phi) is 6.91. The van der Waals surface area contributed by atoms with Crippen molar-refractivity contribution in [2.75, 3.05) is 19.8 Å². The molecule has 0 fully saturated rings. The Hall–Kier alpha value is -0.120. The molecule has 10 heavy (non-hydrogen) atoms. The molecule has 0 aromatic rings. The summed E-state index contributed by atoms with van der Waals surface area (Å²) in [6.45, 7) is 5.80. The Morgan fingerprint density at radius 3 is 2.40 bits per heavy atom. The summed E-state index contributed by atoms with van der Waals surface area (Å²) in [7, 11) is 0. The van der Waals surface area contributed by atoms with Crippen molar-refractivity contribution in [2.45, 2.75) is 26.6 Å². The van der Waals surface area contributed by atoms with E-state index in [1.807, 2.05) is 6.92 Å². The Balaban J connectivity index is 3.21. The lowest BCUT2D eigenvalue weighted by atomic mass is 10.5. The van der Waals surface area contributed by atoms with Crippen molar-refractivity contribution in [3.8, 4) is 0 Å². The Labute approximate surface area is 62.5 Å². The molecule has 0 heterocycles. The molecule has 0 aromatic carbocycles. The SMILES string of the molecule is CCCOC(CN)OCC. The van der Waals surface area contributed by atoms with E-state index in [0.29, 0.717) is 13.2 Å². The fraction of sp³-hybridized carbons (Fsp3) is 1.00. The van der Waals surface area contributed by atoms with E-state index in [4.69, 9.17) is 15.2 Å². The molecule has 0 amide bonds. The molecule has 0 saturated carbocycles. The number of rotatable bonds is 6. The van der Waals surface area contributed by atoms with Crippen LogP contribution in [0.25, 0.3) is 0 Å². The summed E-state index contributed by atoms with van der Waals surface area (Å²) >= 11 is 0. The lowest BCUT2D eigenvalue weighted by Crippen LogP contribution is -2.27. The second-order valence-electron chi connectivity index (χ2n) is 1.99. The van der Waals surface area contributed by atoms with Crippen molar-refractivity contribution < 1.29 is 9.47 Å². The van der Waals surface area contributed by atoms with Gasteiger partial charge in [0.1, 0.15) is 0 Å². The summed E-state index contributed by atoms with van der Waals surface area (Å²) in [5.41, 5.74) is 5.35. The first-order valence-corrected chi connectivity index (χ1v) is 3.78. The fourth-order valence-electron chi connectivity index (χ4n) is 0.619. The second-order valence-corrected chi connectivity index (χ2v) is 1.99. The van der Waals surface area contributed by atoms with Crippen LogP contribution in [0.3, 0.4) is 0 Å². The minimum absolute atomic E-state index is 0.204. The molecule has 0 spiro atoms. The largest absolute Gasteiger partial charge is 0.352 e. The van der Waals surface area contributed by atoms with Crippen LogP contribution in [0, 0.1) is 0 Å². The maximum atomic E-state index is 5.35. The molecule has 0 rings (SSSR count). The van der Waals surface area contributed by atoms with Crippen LogP contribution in [-0.2, 0) is 9.47 Å². The van der Waals surface area contributed by atoms with Gasteiger partial charge in [-0.1, -0.05) is 6.92 Å². The summed E-state index contributed by atoms with van der Waals surface area (Å²) in [6, 6.07) is 0. The van der Waals surface area contributed by atoms with Gasteiger partial charge in [-0.15, -0.1) is 0 Å². The molecule has 0 aliphatic rings. The van der Waals surface area contributed by atoms with E-state index < -0.39 is 0 Å². The van der Waals surface area contributed by atoms with Crippen LogP contribution < -0.4 is 5.73 Å². The second kappa shape index (κ2) is 6.99. The van der Waals surface area contributed by atoms with Gasteiger partial charge in [-0.05, 0) is 13.3 Å². The minimum Gasteiger partial charge on any atom is -0.352 e. The molecule has 0 radical (unpaired) electrons. The molecule has 1 atom stereocenters. The van der Waals surface area contributed by atoms with E-state index in [-0.39, 0.29) is 6.29 Å². The maximum Gasteiger partial charge on any atom is 0.169 e. The lowest BCUT2D eigenvalue weighted by Gasteiger charge is -2.14. The average Bonchev–Trinajstić information content (AvgIpc) is 1.98. The highest BCUT2D eigenvalue weighted by Crippen LogP contribution is 1.92. The van der Waals surface area contributed by atoms with Gasteiger partial charge in [0.25, 0.3) is 0 Å². The van der Waals surface area contributed by atoms with Crippen molar-refractivity contribution in [3.63, 3.8) is 0 Å². The molecule has 0 aliphatic carbocycles. The molecular weight excluding hydrogens is 130 g/mol. The van der Waals surface area contributed by atoms with Crippen LogP contribution in [-0.4, -0.2) is 26.0 Å². The van der Waals surface area contributed by atoms with Crippen LogP contribution in [0.4, 0.5) is 0 Å². The van der Waals surface area contributed by atoms with E-state index in [2.05, 4.69) is 6.92 Å². The van der Waals surface area contributed by atoms with E-state index in [1.54, 1.807) is 0 Å². The zero-order valence-electron chi connectivity index (χ0n) is 6.80. The summed E-state index contributed by atoms with van der Waals surface area (Å²) in [4.78, 5) is 0. The van der Waals surface area contributed by atoms with E-state index >= 15 is 0 Å². The van der Waals surface area contributed by atoms with E-state index in [9.17, 15) is 0 Å². The molecular formula is C7H17NO2. The van der Waals surface area contributed by atoms with Gasteiger partial charge in [0.05, 0.1) is 0 Å². The highest BCUT2D eigenvalue weighted by Gasteiger charge is 2.02. The zero-order valence-corrected chi connectivity index (χ0v) is 6.80. The van der Waals surface area contributed by atoms with Gasteiger partial charge in [0.15, 0.2) is 6.29 Å². The molecule has 0 bridgehead atoms. The first kappa shape index (κ1) is 9.88. The monoisotopic (exact) mass is 147 g/mol. The molecule has 62 valence electrons. The molecule has 0 aliphatic heterocycles. The highest BCUT2D eigenvalue weighted by atomic mass is 16.7. The zero-order chi connectivity index (χ0) is 7.82. The average molecular weight is 147 g/mol. The van der Waals surface area contributed by atoms with E-state index in [0.717, 1.165) is 13.0 Å². The number of hydrogen-bond acceptors (Lipinski definition) is 3. The van der Waals surface area contributed by atoms with Gasteiger partial charge in [-0.3, -0.25) is 0 Å². The van der Waals surface area contributed by atoms with Gasteiger partial charge in [0.2, 0.25) is 0 Å². The van der Waals surface area contributed by atoms with Crippen molar-refractivity contribution >= 4 is 0 Å². The van der Waals surface area contributed by atoms with Crippen molar-refractivity contribution in [1.29, 1.82) is 0 Å². The van der Waals surface area contributed by atoms with Crippen molar-refractivity contribution in [2.24, 2.45) is 5.73 Å². The van der Waals surface area contributed by atoms with Crippen molar-refractivity contribution in [1.82, 2.24) is 0 Å². The molecule has 3 nitrogen and oxygen atoms in total. The fourth-order valence-corrected chi connectivity index (χ4v) is 0.619. The first-order valence-electron chi connectivity index (χ1n) is 3.78. The van der Waals surface area contributed by atoms with E-state index in [1.165, 1.54) is 0 Å². The highest BCUT2D eigenvalue weighted by molar-refractivity contribution is 4.42. The predicted octanol–water partition coefficient (Wildman–Crippen LogP) is 0.734. The molecule has 0 aromatic heterocycles. The quantitative estimate of drug-likeness (QED) is 0.563. The third-order valence-electron chi connectivity index (χ3n) is 1.05. The Morgan fingerprint density at radius 1 is 1.30 bits per heavy atom. The number of ether oxygens (including phenoxy) is 2. The molecule has 3 heteroatoms.